The second kappa shape index (κ2) is 7.00. The average Bonchev–Trinajstić information content (AvgIpc) is 3.01. The molecule has 0 spiro atoms. The van der Waals surface area contributed by atoms with Crippen LogP contribution < -0.4 is 5.32 Å². The van der Waals surface area contributed by atoms with E-state index in [0.717, 1.165) is 9.75 Å². The SMILES string of the molecule is Cc1ccc(C(=O)N2CCN(C(=O)Nc3cccc(F)c3)CC2)s1. The molecule has 24 heavy (non-hydrogen) atoms. The van der Waals surface area contributed by atoms with Crippen LogP contribution in [0.15, 0.2) is 36.4 Å². The Kier molecular flexibility index (Phi) is 4.80. The van der Waals surface area contributed by atoms with E-state index in [9.17, 15) is 14.0 Å². The first-order chi connectivity index (χ1) is 11.5. The number of aryl methyl sites for hydroxylation is 1. The number of halogens is 1. The number of anilines is 1. The number of nitrogens with zero attached hydrogens (tertiary/aromatic N) is 2. The van der Waals surface area contributed by atoms with E-state index in [4.69, 9.17) is 0 Å². The minimum absolute atomic E-state index is 0.0123. The molecule has 1 aliphatic rings. The molecule has 0 saturated carbocycles. The van der Waals surface area contributed by atoms with E-state index in [1.54, 1.807) is 21.9 Å². The quantitative estimate of drug-likeness (QED) is 0.907. The van der Waals surface area contributed by atoms with Crippen molar-refractivity contribution >= 4 is 29.0 Å². The van der Waals surface area contributed by atoms with Crippen molar-refractivity contribution in [3.8, 4) is 0 Å². The molecule has 0 bridgehead atoms. The highest BCUT2D eigenvalue weighted by molar-refractivity contribution is 7.13. The number of carbonyl (C=O) groups is 2. The van der Waals surface area contributed by atoms with Gasteiger partial charge in [0.1, 0.15) is 5.82 Å². The van der Waals surface area contributed by atoms with Crippen LogP contribution in [0, 0.1) is 12.7 Å². The Labute approximate surface area is 143 Å². The average molecular weight is 347 g/mol. The molecule has 2 aromatic rings. The second-order valence-corrected chi connectivity index (χ2v) is 6.92. The summed E-state index contributed by atoms with van der Waals surface area (Å²) in [6, 6.07) is 9.28. The molecule has 1 aromatic carbocycles. The molecule has 0 atom stereocenters. The summed E-state index contributed by atoms with van der Waals surface area (Å²) >= 11 is 1.48. The normalized spacial score (nSPS) is 14.6. The molecule has 3 rings (SSSR count). The molecular formula is C17H18FN3O2S. The number of carbonyl (C=O) groups excluding carboxylic acids is 2. The zero-order chi connectivity index (χ0) is 17.1. The Hall–Kier alpha value is -2.41. The molecule has 2 heterocycles. The maximum absolute atomic E-state index is 13.2. The van der Waals surface area contributed by atoms with E-state index in [2.05, 4.69) is 5.32 Å². The monoisotopic (exact) mass is 347 g/mol. The van der Waals surface area contributed by atoms with Crippen molar-refractivity contribution in [2.45, 2.75) is 6.92 Å². The van der Waals surface area contributed by atoms with Gasteiger partial charge >= 0.3 is 6.03 Å². The number of hydrogen-bond donors (Lipinski definition) is 1. The summed E-state index contributed by atoms with van der Waals surface area (Å²) in [4.78, 5) is 29.8. The summed E-state index contributed by atoms with van der Waals surface area (Å²) in [5.41, 5.74) is 0.424. The van der Waals surface area contributed by atoms with Gasteiger partial charge in [-0.3, -0.25) is 4.79 Å². The number of benzene rings is 1. The summed E-state index contributed by atoms with van der Waals surface area (Å²) in [7, 11) is 0. The molecule has 1 N–H and O–H groups in total. The Morgan fingerprint density at radius 1 is 1.08 bits per heavy atom. The summed E-state index contributed by atoms with van der Waals surface area (Å²) in [6.07, 6.45) is 0. The van der Waals surface area contributed by atoms with Gasteiger partial charge in [-0.1, -0.05) is 6.07 Å². The van der Waals surface area contributed by atoms with E-state index in [-0.39, 0.29) is 11.9 Å². The number of hydrogen-bond acceptors (Lipinski definition) is 3. The molecule has 5 nitrogen and oxygen atoms in total. The van der Waals surface area contributed by atoms with E-state index >= 15 is 0 Å². The minimum atomic E-state index is -0.394. The van der Waals surface area contributed by atoms with Gasteiger partial charge in [0, 0.05) is 36.7 Å². The Balaban J connectivity index is 1.54. The number of thiophene rings is 1. The number of nitrogens with one attached hydrogen (secondary N) is 1. The van der Waals surface area contributed by atoms with E-state index in [0.29, 0.717) is 31.9 Å². The van der Waals surface area contributed by atoms with Crippen LogP contribution in [0.1, 0.15) is 14.5 Å². The number of urea groups is 1. The first kappa shape index (κ1) is 16.4. The van der Waals surface area contributed by atoms with Gasteiger partial charge < -0.3 is 15.1 Å². The van der Waals surface area contributed by atoms with Crippen LogP contribution in [0.3, 0.4) is 0 Å². The highest BCUT2D eigenvalue weighted by Gasteiger charge is 2.25. The number of piperazine rings is 1. The van der Waals surface area contributed by atoms with E-state index in [1.807, 2.05) is 19.1 Å². The van der Waals surface area contributed by atoms with Gasteiger partial charge in [-0.25, -0.2) is 9.18 Å². The largest absolute Gasteiger partial charge is 0.334 e. The molecule has 0 aliphatic carbocycles. The van der Waals surface area contributed by atoms with Crippen molar-refractivity contribution in [3.05, 3.63) is 52.0 Å². The maximum atomic E-state index is 13.2. The maximum Gasteiger partial charge on any atom is 0.321 e. The third kappa shape index (κ3) is 3.73. The molecule has 1 aromatic heterocycles. The van der Waals surface area contributed by atoms with Crippen molar-refractivity contribution in [3.63, 3.8) is 0 Å². The van der Waals surface area contributed by atoms with Crippen LogP contribution in [0.2, 0.25) is 0 Å². The summed E-state index contributed by atoms with van der Waals surface area (Å²) in [5, 5.41) is 2.68. The van der Waals surface area contributed by atoms with Gasteiger partial charge in [0.25, 0.3) is 5.91 Å². The molecule has 7 heteroatoms. The minimum Gasteiger partial charge on any atom is -0.334 e. The van der Waals surface area contributed by atoms with Crippen LogP contribution >= 0.6 is 11.3 Å². The van der Waals surface area contributed by atoms with Gasteiger partial charge in [-0.15, -0.1) is 11.3 Å². The van der Waals surface area contributed by atoms with Crippen LogP contribution in [0.4, 0.5) is 14.9 Å². The molecular weight excluding hydrogens is 329 g/mol. The zero-order valence-electron chi connectivity index (χ0n) is 13.3. The van der Waals surface area contributed by atoms with Gasteiger partial charge in [0.15, 0.2) is 0 Å². The topological polar surface area (TPSA) is 52.7 Å². The van der Waals surface area contributed by atoms with Crippen LogP contribution in [-0.4, -0.2) is 47.9 Å². The molecule has 3 amide bonds. The molecule has 1 aliphatic heterocycles. The summed E-state index contributed by atoms with van der Waals surface area (Å²) < 4.78 is 13.2. The fourth-order valence-corrected chi connectivity index (χ4v) is 3.42. The first-order valence-corrected chi connectivity index (χ1v) is 8.52. The van der Waals surface area contributed by atoms with Crippen molar-refractivity contribution in [1.29, 1.82) is 0 Å². The molecule has 0 unspecified atom stereocenters. The Bertz CT molecular complexity index is 754. The lowest BCUT2D eigenvalue weighted by molar-refractivity contribution is 0.0676. The highest BCUT2D eigenvalue weighted by atomic mass is 32.1. The van der Waals surface area contributed by atoms with Crippen molar-refractivity contribution in [2.24, 2.45) is 0 Å². The molecule has 1 saturated heterocycles. The molecule has 0 radical (unpaired) electrons. The second-order valence-electron chi connectivity index (χ2n) is 5.63. The fraction of sp³-hybridized carbons (Fsp3) is 0.294. The van der Waals surface area contributed by atoms with Gasteiger partial charge in [0.2, 0.25) is 0 Å². The third-order valence-electron chi connectivity index (χ3n) is 3.88. The smallest absolute Gasteiger partial charge is 0.321 e. The van der Waals surface area contributed by atoms with Crippen molar-refractivity contribution < 1.29 is 14.0 Å². The molecule has 1 fully saturated rings. The van der Waals surface area contributed by atoms with Gasteiger partial charge in [0.05, 0.1) is 4.88 Å². The van der Waals surface area contributed by atoms with Gasteiger partial charge in [-0.2, -0.15) is 0 Å². The first-order valence-electron chi connectivity index (χ1n) is 7.70. The van der Waals surface area contributed by atoms with E-state index in [1.165, 1.54) is 23.5 Å². The number of amides is 3. The lowest BCUT2D eigenvalue weighted by Gasteiger charge is -2.34. The summed E-state index contributed by atoms with van der Waals surface area (Å²) in [6.45, 7) is 3.86. The Morgan fingerprint density at radius 3 is 2.42 bits per heavy atom. The lowest BCUT2D eigenvalue weighted by Crippen LogP contribution is -2.51. The predicted molar refractivity (Wildman–Crippen MR) is 92.0 cm³/mol. The molecule has 126 valence electrons. The summed E-state index contributed by atoms with van der Waals surface area (Å²) in [5.74, 6) is -0.382. The highest BCUT2D eigenvalue weighted by Crippen LogP contribution is 2.18. The Morgan fingerprint density at radius 2 is 1.79 bits per heavy atom. The van der Waals surface area contributed by atoms with Gasteiger partial charge in [-0.05, 0) is 37.3 Å². The van der Waals surface area contributed by atoms with Crippen LogP contribution in [0.25, 0.3) is 0 Å². The van der Waals surface area contributed by atoms with Crippen molar-refractivity contribution in [1.82, 2.24) is 9.80 Å². The number of rotatable bonds is 2. The standard InChI is InChI=1S/C17H18FN3O2S/c1-12-5-6-15(24-12)16(22)20-7-9-21(10-8-20)17(23)19-14-4-2-3-13(18)11-14/h2-6,11H,7-10H2,1H3,(H,19,23). The van der Waals surface area contributed by atoms with Crippen molar-refractivity contribution in [2.75, 3.05) is 31.5 Å². The zero-order valence-corrected chi connectivity index (χ0v) is 14.1. The fourth-order valence-electron chi connectivity index (χ4n) is 2.59. The van der Waals surface area contributed by atoms with Crippen LogP contribution in [-0.2, 0) is 0 Å². The third-order valence-corrected chi connectivity index (χ3v) is 4.87. The van der Waals surface area contributed by atoms with E-state index < -0.39 is 5.82 Å². The van der Waals surface area contributed by atoms with Crippen LogP contribution in [0.5, 0.6) is 0 Å². The lowest BCUT2D eigenvalue weighted by atomic mass is 10.3. The predicted octanol–water partition coefficient (Wildman–Crippen LogP) is 3.19.